The van der Waals surface area contributed by atoms with Crippen LogP contribution in [-0.4, -0.2) is 64.7 Å². The summed E-state index contributed by atoms with van der Waals surface area (Å²) < 4.78 is 0. The molecule has 0 amide bonds. The fourth-order valence-corrected chi connectivity index (χ4v) is 1.31. The zero-order valence-electron chi connectivity index (χ0n) is 13.4. The molecule has 132 valence electrons. The van der Waals surface area contributed by atoms with E-state index in [0.717, 1.165) is 0 Å². The Morgan fingerprint density at radius 3 is 1.77 bits per heavy atom. The molecule has 0 aromatic rings. The third kappa shape index (κ3) is 16.8. The number of unbranched alkanes of at least 4 members (excludes halogenated alkanes) is 1. The average molecular weight is 322 g/mol. The second-order valence-corrected chi connectivity index (χ2v) is 5.41. The summed E-state index contributed by atoms with van der Waals surface area (Å²) in [5.74, 6) is -1.74. The molecule has 22 heavy (non-hydrogen) atoms. The van der Waals surface area contributed by atoms with E-state index in [-0.39, 0.29) is 19.4 Å². The van der Waals surface area contributed by atoms with Gasteiger partial charge in [-0.05, 0) is 39.8 Å². The van der Waals surface area contributed by atoms with E-state index < -0.39 is 23.8 Å². The van der Waals surface area contributed by atoms with Crippen LogP contribution in [0.2, 0.25) is 0 Å². The molecular weight excluding hydrogens is 292 g/mol. The first-order valence-corrected chi connectivity index (χ1v) is 7.07. The summed E-state index contributed by atoms with van der Waals surface area (Å²) in [6.45, 7) is 0.229. The Balaban J connectivity index is 0. The summed E-state index contributed by atoms with van der Waals surface area (Å²) in [5.41, 5.74) is 15.6. The number of aliphatic hydroxyl groups excluding tert-OH is 1. The van der Waals surface area contributed by atoms with Crippen molar-refractivity contribution < 1.29 is 24.9 Å². The molecule has 0 saturated heterocycles. The van der Waals surface area contributed by atoms with Crippen molar-refractivity contribution in [3.8, 4) is 0 Å². The van der Waals surface area contributed by atoms with E-state index in [2.05, 4.69) is 0 Å². The van der Waals surface area contributed by atoms with E-state index in [1.807, 2.05) is 0 Å². The van der Waals surface area contributed by atoms with E-state index in [0.29, 0.717) is 25.7 Å². The van der Waals surface area contributed by atoms with Crippen molar-refractivity contribution in [1.82, 2.24) is 4.90 Å². The van der Waals surface area contributed by atoms with Crippen LogP contribution >= 0.6 is 0 Å². The van der Waals surface area contributed by atoms with Crippen LogP contribution in [0.4, 0.5) is 0 Å². The second kappa shape index (κ2) is 12.3. The molecule has 0 fully saturated rings. The lowest BCUT2D eigenvalue weighted by Crippen LogP contribution is -2.55. The molecular formula is C13H30N4O5. The monoisotopic (exact) mass is 322 g/mol. The van der Waals surface area contributed by atoms with Crippen LogP contribution in [0, 0.1) is 0 Å². The van der Waals surface area contributed by atoms with Crippen molar-refractivity contribution >= 4 is 11.9 Å². The topological polar surface area (TPSA) is 176 Å². The minimum absolute atomic E-state index is 0.0628. The first-order valence-electron chi connectivity index (χ1n) is 7.07. The van der Waals surface area contributed by atoms with Gasteiger partial charge in [0.1, 0.15) is 6.23 Å². The molecule has 9 N–H and O–H groups in total. The van der Waals surface area contributed by atoms with E-state index >= 15 is 0 Å². The molecule has 0 aromatic carbocycles. The maximum absolute atomic E-state index is 9.90. The molecule has 0 aliphatic carbocycles. The zero-order valence-corrected chi connectivity index (χ0v) is 13.4. The molecule has 0 aliphatic rings. The number of aliphatic carboxylic acids is 2. The Bertz CT molecular complexity index is 308. The molecule has 0 rings (SSSR count). The molecule has 0 spiro atoms. The van der Waals surface area contributed by atoms with Crippen LogP contribution in [0.1, 0.15) is 38.5 Å². The zero-order chi connectivity index (χ0) is 17.8. The van der Waals surface area contributed by atoms with Crippen LogP contribution < -0.4 is 17.2 Å². The third-order valence-electron chi connectivity index (χ3n) is 2.88. The molecule has 1 unspecified atom stereocenters. The standard InChI is InChI=1S/C7H20N4O.C6H10O4/c1-11(2)6(12)3-4-7(9,10)5-8;7-5(8)3-1-2-4-6(9)10/h6,12H,3-5,8-10H2,1-2H3;1-4H2,(H,7,8)(H,9,10). The van der Waals surface area contributed by atoms with E-state index in [1.165, 1.54) is 0 Å². The Morgan fingerprint density at radius 2 is 1.50 bits per heavy atom. The first kappa shape index (κ1) is 23.0. The highest BCUT2D eigenvalue weighted by atomic mass is 16.4. The Kier molecular flexibility index (Phi) is 12.9. The van der Waals surface area contributed by atoms with Gasteiger partial charge in [0.2, 0.25) is 0 Å². The Hall–Kier alpha value is -1.26. The molecule has 0 bridgehead atoms. The van der Waals surface area contributed by atoms with Crippen LogP contribution in [0.5, 0.6) is 0 Å². The molecule has 0 radical (unpaired) electrons. The number of aliphatic hydroxyl groups is 1. The van der Waals surface area contributed by atoms with Gasteiger partial charge in [-0.3, -0.25) is 14.5 Å². The van der Waals surface area contributed by atoms with Gasteiger partial charge in [0.05, 0.1) is 5.66 Å². The normalized spacial score (nSPS) is 12.5. The van der Waals surface area contributed by atoms with Gasteiger partial charge in [0, 0.05) is 19.4 Å². The second-order valence-electron chi connectivity index (χ2n) is 5.41. The van der Waals surface area contributed by atoms with Crippen LogP contribution in [0.25, 0.3) is 0 Å². The van der Waals surface area contributed by atoms with Crippen molar-refractivity contribution in [3.63, 3.8) is 0 Å². The minimum Gasteiger partial charge on any atom is -0.481 e. The predicted molar refractivity (Wildman–Crippen MR) is 82.8 cm³/mol. The van der Waals surface area contributed by atoms with Gasteiger partial charge >= 0.3 is 11.9 Å². The van der Waals surface area contributed by atoms with Crippen LogP contribution in [-0.2, 0) is 9.59 Å². The van der Waals surface area contributed by atoms with Gasteiger partial charge in [-0.2, -0.15) is 0 Å². The number of carbonyl (C=O) groups is 2. The smallest absolute Gasteiger partial charge is 0.303 e. The number of nitrogens with zero attached hydrogens (tertiary/aromatic N) is 1. The first-order chi connectivity index (χ1) is 10.0. The minimum atomic E-state index is -0.870. The van der Waals surface area contributed by atoms with Gasteiger partial charge in [-0.15, -0.1) is 0 Å². The lowest BCUT2D eigenvalue weighted by Gasteiger charge is -2.25. The van der Waals surface area contributed by atoms with Crippen molar-refractivity contribution in [3.05, 3.63) is 0 Å². The van der Waals surface area contributed by atoms with E-state index in [1.54, 1.807) is 19.0 Å². The highest BCUT2D eigenvalue weighted by molar-refractivity contribution is 5.67. The van der Waals surface area contributed by atoms with Crippen molar-refractivity contribution in [2.45, 2.75) is 50.4 Å². The molecule has 0 aliphatic heterocycles. The molecule has 9 heteroatoms. The third-order valence-corrected chi connectivity index (χ3v) is 2.88. The number of nitrogens with two attached hydrogens (primary N) is 3. The maximum atomic E-state index is 9.90. The fourth-order valence-electron chi connectivity index (χ4n) is 1.31. The van der Waals surface area contributed by atoms with Crippen molar-refractivity contribution in [2.75, 3.05) is 20.6 Å². The molecule has 0 aromatic heterocycles. The largest absolute Gasteiger partial charge is 0.481 e. The summed E-state index contributed by atoms with van der Waals surface area (Å²) in [6, 6.07) is 0. The Labute approximate surface area is 131 Å². The number of carboxylic acids is 2. The molecule has 9 nitrogen and oxygen atoms in total. The van der Waals surface area contributed by atoms with Crippen molar-refractivity contribution in [1.29, 1.82) is 0 Å². The van der Waals surface area contributed by atoms with Crippen molar-refractivity contribution in [2.24, 2.45) is 17.2 Å². The lowest BCUT2D eigenvalue weighted by atomic mass is 10.1. The predicted octanol–water partition coefficient (Wildman–Crippen LogP) is -1.06. The quantitative estimate of drug-likeness (QED) is 0.216. The maximum Gasteiger partial charge on any atom is 0.303 e. The van der Waals surface area contributed by atoms with Gasteiger partial charge in [-0.25, -0.2) is 0 Å². The summed E-state index contributed by atoms with van der Waals surface area (Å²) in [5, 5.41) is 25.6. The number of carboxylic acid groups (broad SMARTS) is 2. The summed E-state index contributed by atoms with van der Waals surface area (Å²) >= 11 is 0. The summed E-state index contributed by atoms with van der Waals surface area (Å²) in [6.07, 6.45) is 1.58. The highest BCUT2D eigenvalue weighted by Gasteiger charge is 2.18. The summed E-state index contributed by atoms with van der Waals surface area (Å²) in [7, 11) is 3.59. The van der Waals surface area contributed by atoms with Gasteiger partial charge in [0.25, 0.3) is 0 Å². The number of rotatable bonds is 10. The summed E-state index contributed by atoms with van der Waals surface area (Å²) in [4.78, 5) is 21.5. The van der Waals surface area contributed by atoms with E-state index in [4.69, 9.17) is 27.4 Å². The molecule has 0 heterocycles. The fraction of sp³-hybridized carbons (Fsp3) is 0.846. The van der Waals surface area contributed by atoms with E-state index in [9.17, 15) is 14.7 Å². The van der Waals surface area contributed by atoms with Gasteiger partial charge in [0.15, 0.2) is 0 Å². The Morgan fingerprint density at radius 1 is 1.09 bits per heavy atom. The van der Waals surface area contributed by atoms with Crippen LogP contribution in [0.3, 0.4) is 0 Å². The highest BCUT2D eigenvalue weighted by Crippen LogP contribution is 2.05. The van der Waals surface area contributed by atoms with Crippen LogP contribution in [0.15, 0.2) is 0 Å². The van der Waals surface area contributed by atoms with Gasteiger partial charge in [-0.1, -0.05) is 0 Å². The number of hydrogen-bond acceptors (Lipinski definition) is 7. The number of hydrogen-bond donors (Lipinski definition) is 6. The molecule has 0 saturated carbocycles. The SMILES string of the molecule is CN(C)C(O)CCC(N)(N)CN.O=C(O)CCCCC(=O)O. The average Bonchev–Trinajstić information content (AvgIpc) is 2.41. The molecule has 1 atom stereocenters. The lowest BCUT2D eigenvalue weighted by molar-refractivity contribution is -0.139. The van der Waals surface area contributed by atoms with Gasteiger partial charge < -0.3 is 32.5 Å².